The van der Waals surface area contributed by atoms with E-state index in [0.29, 0.717) is 5.41 Å². The van der Waals surface area contributed by atoms with Crippen LogP contribution >= 0.6 is 0 Å². The van der Waals surface area contributed by atoms with E-state index in [-0.39, 0.29) is 0 Å². The first kappa shape index (κ1) is 7.37. The predicted molar refractivity (Wildman–Crippen MR) is 54.7 cm³/mol. The van der Waals surface area contributed by atoms with Gasteiger partial charge in [0, 0.05) is 11.3 Å². The van der Waals surface area contributed by atoms with E-state index < -0.39 is 0 Å². The van der Waals surface area contributed by atoms with Crippen molar-refractivity contribution in [2.24, 2.45) is 5.41 Å². The molecule has 66 valence electrons. The molecule has 1 saturated carbocycles. The van der Waals surface area contributed by atoms with Crippen molar-refractivity contribution in [1.82, 2.24) is 0 Å². The van der Waals surface area contributed by atoms with Crippen LogP contribution in [0.1, 0.15) is 30.4 Å². The Kier molecular flexibility index (Phi) is 1.17. The molecule has 0 N–H and O–H groups in total. The SMILES string of the molecule is Cc1ccc(C2CC3=CC32C)cc1. The average molecular weight is 170 g/mol. The fourth-order valence-electron chi connectivity index (χ4n) is 2.49. The smallest absolute Gasteiger partial charge is 0.0138 e. The maximum absolute atomic E-state index is 2.43. The summed E-state index contributed by atoms with van der Waals surface area (Å²) >= 11 is 0. The Morgan fingerprint density at radius 2 is 1.92 bits per heavy atom. The van der Waals surface area contributed by atoms with Crippen molar-refractivity contribution in [3.05, 3.63) is 47.0 Å². The van der Waals surface area contributed by atoms with E-state index in [9.17, 15) is 0 Å². The van der Waals surface area contributed by atoms with Crippen LogP contribution in [0.5, 0.6) is 0 Å². The van der Waals surface area contributed by atoms with Crippen LogP contribution in [0.4, 0.5) is 0 Å². The van der Waals surface area contributed by atoms with Gasteiger partial charge in [-0.25, -0.2) is 0 Å². The second kappa shape index (κ2) is 2.06. The number of allylic oxidation sites excluding steroid dienone is 2. The molecule has 0 aliphatic heterocycles. The van der Waals surface area contributed by atoms with Gasteiger partial charge in [0.1, 0.15) is 0 Å². The summed E-state index contributed by atoms with van der Waals surface area (Å²) in [6.07, 6.45) is 3.73. The summed E-state index contributed by atoms with van der Waals surface area (Å²) < 4.78 is 0. The molecule has 0 heterocycles. The van der Waals surface area contributed by atoms with E-state index in [0.717, 1.165) is 5.92 Å². The third-order valence-electron chi connectivity index (χ3n) is 3.71. The highest BCUT2D eigenvalue weighted by atomic mass is 14.6. The predicted octanol–water partition coefficient (Wildman–Crippen LogP) is 3.43. The van der Waals surface area contributed by atoms with Gasteiger partial charge in [0.25, 0.3) is 0 Å². The standard InChI is InChI=1S/C13H14/c1-9-3-5-10(6-4-9)12-7-11-8-13(11,12)2/h3-6,8,12H,7H2,1-2H3. The van der Waals surface area contributed by atoms with Crippen molar-refractivity contribution in [2.75, 3.05) is 0 Å². The van der Waals surface area contributed by atoms with Crippen molar-refractivity contribution >= 4 is 0 Å². The van der Waals surface area contributed by atoms with Crippen molar-refractivity contribution in [3.63, 3.8) is 0 Å². The van der Waals surface area contributed by atoms with E-state index in [4.69, 9.17) is 0 Å². The average Bonchev–Trinajstić information content (AvgIpc) is 2.63. The number of fused-ring (bicyclic) bond motifs is 1. The molecule has 0 aromatic heterocycles. The third-order valence-corrected chi connectivity index (χ3v) is 3.71. The Labute approximate surface area is 79.3 Å². The van der Waals surface area contributed by atoms with E-state index in [1.54, 1.807) is 5.57 Å². The molecule has 1 aromatic carbocycles. The minimum Gasteiger partial charge on any atom is -0.0738 e. The number of rotatable bonds is 1. The second-order valence-electron chi connectivity index (χ2n) is 4.62. The quantitative estimate of drug-likeness (QED) is 0.566. The molecule has 0 amide bonds. The molecule has 0 heteroatoms. The summed E-state index contributed by atoms with van der Waals surface area (Å²) in [5.41, 5.74) is 5.05. The summed E-state index contributed by atoms with van der Waals surface area (Å²) in [7, 11) is 0. The highest BCUT2D eigenvalue weighted by Gasteiger charge is 2.55. The van der Waals surface area contributed by atoms with Gasteiger partial charge >= 0.3 is 0 Å². The highest BCUT2D eigenvalue weighted by molar-refractivity contribution is 5.53. The molecule has 13 heavy (non-hydrogen) atoms. The maximum Gasteiger partial charge on any atom is 0.0138 e. The molecule has 0 radical (unpaired) electrons. The summed E-state index contributed by atoms with van der Waals surface area (Å²) in [5, 5.41) is 0. The molecule has 2 aliphatic rings. The van der Waals surface area contributed by atoms with Gasteiger partial charge in [0.15, 0.2) is 0 Å². The molecule has 2 atom stereocenters. The molecule has 1 fully saturated rings. The van der Waals surface area contributed by atoms with E-state index in [1.807, 2.05) is 0 Å². The van der Waals surface area contributed by atoms with Gasteiger partial charge < -0.3 is 0 Å². The van der Waals surface area contributed by atoms with Gasteiger partial charge in [0.05, 0.1) is 0 Å². The molecule has 0 saturated heterocycles. The first-order valence-corrected chi connectivity index (χ1v) is 4.99. The van der Waals surface area contributed by atoms with E-state index in [2.05, 4.69) is 44.2 Å². The molecular weight excluding hydrogens is 156 g/mol. The number of benzene rings is 1. The number of hydrogen-bond acceptors (Lipinski definition) is 0. The van der Waals surface area contributed by atoms with Gasteiger partial charge in [-0.2, -0.15) is 0 Å². The van der Waals surface area contributed by atoms with Crippen LogP contribution in [0.3, 0.4) is 0 Å². The second-order valence-corrected chi connectivity index (χ2v) is 4.62. The van der Waals surface area contributed by atoms with Crippen LogP contribution in [0.2, 0.25) is 0 Å². The molecule has 2 unspecified atom stereocenters. The van der Waals surface area contributed by atoms with E-state index >= 15 is 0 Å². The van der Waals surface area contributed by atoms with Crippen LogP contribution in [-0.2, 0) is 0 Å². The summed E-state index contributed by atoms with van der Waals surface area (Å²) in [6, 6.07) is 9.01. The Morgan fingerprint density at radius 1 is 1.23 bits per heavy atom. The fraction of sp³-hybridized carbons (Fsp3) is 0.385. The molecule has 1 aromatic rings. The number of aryl methyl sites for hydroxylation is 1. The monoisotopic (exact) mass is 170 g/mol. The lowest BCUT2D eigenvalue weighted by atomic mass is 9.68. The zero-order valence-corrected chi connectivity index (χ0v) is 8.17. The molecule has 0 bridgehead atoms. The summed E-state index contributed by atoms with van der Waals surface area (Å²) in [6.45, 7) is 4.50. The van der Waals surface area contributed by atoms with Crippen LogP contribution in [0.15, 0.2) is 35.9 Å². The minimum absolute atomic E-state index is 0.495. The van der Waals surface area contributed by atoms with Crippen molar-refractivity contribution < 1.29 is 0 Å². The fourth-order valence-corrected chi connectivity index (χ4v) is 2.49. The largest absolute Gasteiger partial charge is 0.0738 e. The van der Waals surface area contributed by atoms with Crippen LogP contribution in [0, 0.1) is 12.3 Å². The maximum atomic E-state index is 2.43. The third kappa shape index (κ3) is 0.861. The van der Waals surface area contributed by atoms with Crippen LogP contribution in [-0.4, -0.2) is 0 Å². The Balaban J connectivity index is 1.90. The van der Waals surface area contributed by atoms with Crippen LogP contribution < -0.4 is 0 Å². The molecule has 2 aliphatic carbocycles. The normalized spacial score (nSPS) is 34.6. The van der Waals surface area contributed by atoms with Crippen molar-refractivity contribution in [1.29, 1.82) is 0 Å². The van der Waals surface area contributed by atoms with Crippen molar-refractivity contribution in [2.45, 2.75) is 26.2 Å². The zero-order valence-electron chi connectivity index (χ0n) is 8.17. The minimum atomic E-state index is 0.495. The van der Waals surface area contributed by atoms with Crippen molar-refractivity contribution in [3.8, 4) is 0 Å². The molecule has 3 rings (SSSR count). The van der Waals surface area contributed by atoms with Gasteiger partial charge in [0.2, 0.25) is 0 Å². The van der Waals surface area contributed by atoms with Gasteiger partial charge in [-0.05, 0) is 18.9 Å². The molecule has 0 spiro atoms. The molecular formula is C13H14. The Morgan fingerprint density at radius 3 is 2.38 bits per heavy atom. The first-order valence-electron chi connectivity index (χ1n) is 4.99. The topological polar surface area (TPSA) is 0 Å². The first-order chi connectivity index (χ1) is 6.20. The van der Waals surface area contributed by atoms with E-state index in [1.165, 1.54) is 17.5 Å². The van der Waals surface area contributed by atoms with Gasteiger partial charge in [-0.15, -0.1) is 0 Å². The van der Waals surface area contributed by atoms with Gasteiger partial charge in [-0.1, -0.05) is 48.4 Å². The summed E-state index contributed by atoms with van der Waals surface area (Å²) in [4.78, 5) is 0. The lowest BCUT2D eigenvalue weighted by molar-refractivity contribution is 0.376. The Bertz CT molecular complexity index is 383. The zero-order chi connectivity index (χ0) is 9.05. The summed E-state index contributed by atoms with van der Waals surface area (Å²) in [5.74, 6) is 0.781. The Hall–Kier alpha value is -1.04. The molecule has 0 nitrogen and oxygen atoms in total. The van der Waals surface area contributed by atoms with Crippen LogP contribution in [0.25, 0.3) is 0 Å². The number of hydrogen-bond donors (Lipinski definition) is 0. The lowest BCUT2D eigenvalue weighted by Gasteiger charge is -2.34. The van der Waals surface area contributed by atoms with Gasteiger partial charge in [-0.3, -0.25) is 0 Å². The lowest BCUT2D eigenvalue weighted by Crippen LogP contribution is -2.23. The highest BCUT2D eigenvalue weighted by Crippen LogP contribution is 2.68.